The van der Waals surface area contributed by atoms with Gasteiger partial charge in [-0.25, -0.2) is 9.97 Å². The van der Waals surface area contributed by atoms with E-state index in [1.807, 2.05) is 0 Å². The van der Waals surface area contributed by atoms with Crippen LogP contribution < -0.4 is 5.73 Å². The van der Waals surface area contributed by atoms with Crippen LogP contribution in [0, 0.1) is 11.3 Å². The molecule has 3 rings (SSSR count). The molecule has 4 nitrogen and oxygen atoms in total. The lowest BCUT2D eigenvalue weighted by atomic mass is 10.1. The van der Waals surface area contributed by atoms with Crippen molar-refractivity contribution >= 4 is 29.0 Å². The fourth-order valence-corrected chi connectivity index (χ4v) is 2.39. The van der Waals surface area contributed by atoms with Crippen molar-refractivity contribution in [1.82, 2.24) is 9.97 Å². The average Bonchev–Trinajstić information content (AvgIpc) is 2.55. The normalized spacial score (nSPS) is 10.3. The van der Waals surface area contributed by atoms with Gasteiger partial charge in [-0.2, -0.15) is 5.26 Å². The van der Waals surface area contributed by atoms with Gasteiger partial charge in [0.25, 0.3) is 0 Å². The Morgan fingerprint density at radius 3 is 1.87 bits per heavy atom. The average molecular weight is 341 g/mol. The molecule has 0 bridgehead atoms. The molecule has 0 aliphatic heterocycles. The Kier molecular flexibility index (Phi) is 4.16. The quantitative estimate of drug-likeness (QED) is 0.741. The Bertz CT molecular complexity index is 898. The van der Waals surface area contributed by atoms with Gasteiger partial charge in [-0.3, -0.25) is 0 Å². The molecule has 0 saturated heterocycles. The maximum absolute atomic E-state index is 9.36. The number of hydrogen-bond acceptors (Lipinski definition) is 4. The third kappa shape index (κ3) is 3.11. The molecule has 1 heterocycles. The zero-order valence-corrected chi connectivity index (χ0v) is 13.3. The van der Waals surface area contributed by atoms with Gasteiger partial charge < -0.3 is 5.73 Å². The van der Waals surface area contributed by atoms with Crippen LogP contribution in [0.25, 0.3) is 22.6 Å². The summed E-state index contributed by atoms with van der Waals surface area (Å²) in [4.78, 5) is 8.73. The number of halogens is 2. The number of hydrogen-bond donors (Lipinski definition) is 1. The molecular formula is C17H10Cl2N4. The highest BCUT2D eigenvalue weighted by atomic mass is 35.5. The van der Waals surface area contributed by atoms with E-state index >= 15 is 0 Å². The van der Waals surface area contributed by atoms with Gasteiger partial charge in [-0.05, 0) is 36.4 Å². The number of nitrogen functional groups attached to an aromatic ring is 1. The minimum absolute atomic E-state index is 0.136. The second-order valence-corrected chi connectivity index (χ2v) is 5.65. The second-order valence-electron chi connectivity index (χ2n) is 4.78. The third-order valence-corrected chi connectivity index (χ3v) is 3.77. The van der Waals surface area contributed by atoms with E-state index in [4.69, 9.17) is 28.9 Å². The van der Waals surface area contributed by atoms with Gasteiger partial charge in [-0.15, -0.1) is 0 Å². The topological polar surface area (TPSA) is 75.6 Å². The molecule has 0 radical (unpaired) electrons. The number of nitrogens with two attached hydrogens (primary N) is 1. The molecule has 1 aromatic heterocycles. The van der Waals surface area contributed by atoms with Crippen molar-refractivity contribution in [3.63, 3.8) is 0 Å². The van der Waals surface area contributed by atoms with E-state index in [0.29, 0.717) is 21.6 Å². The van der Waals surface area contributed by atoms with Crippen molar-refractivity contribution in [2.75, 3.05) is 5.73 Å². The number of nitrogens with zero attached hydrogens (tertiary/aromatic N) is 3. The third-order valence-electron chi connectivity index (χ3n) is 3.27. The van der Waals surface area contributed by atoms with Crippen molar-refractivity contribution in [2.24, 2.45) is 0 Å². The monoisotopic (exact) mass is 340 g/mol. The molecule has 0 fully saturated rings. The lowest BCUT2D eigenvalue weighted by molar-refractivity contribution is 1.17. The zero-order chi connectivity index (χ0) is 16.4. The first-order valence-corrected chi connectivity index (χ1v) is 7.43. The maximum atomic E-state index is 9.36. The van der Waals surface area contributed by atoms with Crippen LogP contribution in [-0.4, -0.2) is 9.97 Å². The molecule has 23 heavy (non-hydrogen) atoms. The van der Waals surface area contributed by atoms with Crippen molar-refractivity contribution in [3.8, 4) is 28.7 Å². The van der Waals surface area contributed by atoms with Crippen LogP contribution in [0.15, 0.2) is 48.5 Å². The Hall–Kier alpha value is -2.61. The summed E-state index contributed by atoms with van der Waals surface area (Å²) in [5.74, 6) is 0.570. The van der Waals surface area contributed by atoms with Crippen molar-refractivity contribution in [1.29, 1.82) is 5.26 Å². The van der Waals surface area contributed by atoms with Crippen LogP contribution in [0.1, 0.15) is 5.56 Å². The molecule has 0 aliphatic carbocycles. The van der Waals surface area contributed by atoms with E-state index in [-0.39, 0.29) is 11.4 Å². The van der Waals surface area contributed by atoms with Gasteiger partial charge in [0.2, 0.25) is 0 Å². The highest BCUT2D eigenvalue weighted by molar-refractivity contribution is 6.30. The lowest BCUT2D eigenvalue weighted by Gasteiger charge is -2.09. The maximum Gasteiger partial charge on any atom is 0.162 e. The Morgan fingerprint density at radius 1 is 0.826 bits per heavy atom. The van der Waals surface area contributed by atoms with Gasteiger partial charge in [0.05, 0.1) is 5.69 Å². The molecule has 0 saturated carbocycles. The number of nitriles is 1. The summed E-state index contributed by atoms with van der Waals surface area (Å²) in [7, 11) is 0. The van der Waals surface area contributed by atoms with E-state index in [0.717, 1.165) is 11.1 Å². The Morgan fingerprint density at radius 2 is 1.35 bits per heavy atom. The summed E-state index contributed by atoms with van der Waals surface area (Å²) >= 11 is 11.8. The molecule has 2 aromatic carbocycles. The highest BCUT2D eigenvalue weighted by Gasteiger charge is 2.15. The molecule has 0 atom stereocenters. The summed E-state index contributed by atoms with van der Waals surface area (Å²) in [5.41, 5.74) is 8.17. The van der Waals surface area contributed by atoms with Crippen LogP contribution in [0.4, 0.5) is 5.82 Å². The highest BCUT2D eigenvalue weighted by Crippen LogP contribution is 2.29. The van der Waals surface area contributed by atoms with Gasteiger partial charge in [-0.1, -0.05) is 35.3 Å². The Balaban J connectivity index is 2.20. The van der Waals surface area contributed by atoms with E-state index in [2.05, 4.69) is 16.0 Å². The predicted octanol–water partition coefficient (Wildman–Crippen LogP) is 4.57. The SMILES string of the molecule is N#Cc1c(N)nc(-c2ccc(Cl)cc2)nc1-c1ccc(Cl)cc1. The van der Waals surface area contributed by atoms with Crippen molar-refractivity contribution in [2.45, 2.75) is 0 Å². The molecule has 0 unspecified atom stereocenters. The minimum atomic E-state index is 0.136. The summed E-state index contributed by atoms with van der Waals surface area (Å²) in [6.07, 6.45) is 0. The minimum Gasteiger partial charge on any atom is -0.382 e. The van der Waals surface area contributed by atoms with E-state index in [1.54, 1.807) is 48.5 Å². The predicted molar refractivity (Wildman–Crippen MR) is 92.1 cm³/mol. The Labute approximate surface area is 143 Å². The van der Waals surface area contributed by atoms with Crippen molar-refractivity contribution in [3.05, 3.63) is 64.1 Å². The number of benzene rings is 2. The van der Waals surface area contributed by atoms with Crippen molar-refractivity contribution < 1.29 is 0 Å². The zero-order valence-electron chi connectivity index (χ0n) is 11.8. The molecule has 0 amide bonds. The summed E-state index contributed by atoms with van der Waals surface area (Å²) in [6.45, 7) is 0. The molecule has 2 N–H and O–H groups in total. The van der Waals surface area contributed by atoms with Crippen LogP contribution in [0.2, 0.25) is 10.0 Å². The first-order valence-electron chi connectivity index (χ1n) is 6.68. The molecule has 112 valence electrons. The fraction of sp³-hybridized carbons (Fsp3) is 0. The number of rotatable bonds is 2. The largest absolute Gasteiger partial charge is 0.382 e. The van der Waals surface area contributed by atoms with E-state index < -0.39 is 0 Å². The fourth-order valence-electron chi connectivity index (χ4n) is 2.13. The van der Waals surface area contributed by atoms with Crippen LogP contribution in [-0.2, 0) is 0 Å². The first-order chi connectivity index (χ1) is 11.1. The van der Waals surface area contributed by atoms with Gasteiger partial charge >= 0.3 is 0 Å². The molecule has 0 aliphatic rings. The van der Waals surface area contributed by atoms with E-state index in [1.165, 1.54) is 0 Å². The second kappa shape index (κ2) is 6.25. The standard InChI is InChI=1S/C17H10Cl2N4/c18-12-5-1-10(2-6-12)15-14(9-20)16(21)23-17(22-15)11-3-7-13(19)8-4-11/h1-8H,(H2,21,22,23). The molecular weight excluding hydrogens is 331 g/mol. The number of anilines is 1. The van der Waals surface area contributed by atoms with Gasteiger partial charge in [0, 0.05) is 21.2 Å². The smallest absolute Gasteiger partial charge is 0.162 e. The van der Waals surface area contributed by atoms with Gasteiger partial charge in [0.1, 0.15) is 17.5 Å². The number of aromatic nitrogens is 2. The van der Waals surface area contributed by atoms with Crippen LogP contribution in [0.5, 0.6) is 0 Å². The molecule has 3 aromatic rings. The summed E-state index contributed by atoms with van der Waals surface area (Å²) < 4.78 is 0. The summed E-state index contributed by atoms with van der Waals surface area (Å²) in [5, 5.41) is 10.6. The molecule has 0 spiro atoms. The summed E-state index contributed by atoms with van der Waals surface area (Å²) in [6, 6.07) is 16.2. The molecule has 6 heteroatoms. The first kappa shape index (κ1) is 15.3. The van der Waals surface area contributed by atoms with Crippen LogP contribution >= 0.6 is 23.2 Å². The van der Waals surface area contributed by atoms with E-state index in [9.17, 15) is 5.26 Å². The lowest BCUT2D eigenvalue weighted by Crippen LogP contribution is -2.03. The van der Waals surface area contributed by atoms with Gasteiger partial charge in [0.15, 0.2) is 5.82 Å². The van der Waals surface area contributed by atoms with Crippen LogP contribution in [0.3, 0.4) is 0 Å².